The molecule has 0 bridgehead atoms. The Morgan fingerprint density at radius 1 is 1.47 bits per heavy atom. The normalized spacial score (nSPS) is 17.3. The molecule has 1 heterocycles. The minimum absolute atomic E-state index is 0.114. The van der Waals surface area contributed by atoms with Crippen LogP contribution in [0.2, 0.25) is 5.02 Å². The molecule has 0 aliphatic heterocycles. The predicted molar refractivity (Wildman–Crippen MR) is 75.6 cm³/mol. The number of nitrogens with two attached hydrogens (primary N) is 1. The van der Waals surface area contributed by atoms with E-state index in [2.05, 4.69) is 18.8 Å². The van der Waals surface area contributed by atoms with Gasteiger partial charge in [0.25, 0.3) is 0 Å². The van der Waals surface area contributed by atoms with Crippen LogP contribution in [0, 0.1) is 17.2 Å². The van der Waals surface area contributed by atoms with Crippen LogP contribution in [0.3, 0.4) is 0 Å². The summed E-state index contributed by atoms with van der Waals surface area (Å²) in [5.74, 6) is 0.577. The summed E-state index contributed by atoms with van der Waals surface area (Å²) in [7, 11) is 0. The zero-order valence-electron chi connectivity index (χ0n) is 11.1. The maximum absolute atomic E-state index is 13.4. The zero-order valence-corrected chi connectivity index (χ0v) is 11.8. The molecule has 2 N–H and O–H groups in total. The van der Waals surface area contributed by atoms with Crippen molar-refractivity contribution in [1.29, 1.82) is 0 Å². The number of hydrogen-bond donors (Lipinski definition) is 1. The number of halogens is 2. The first-order valence-electron chi connectivity index (χ1n) is 6.54. The second-order valence-electron chi connectivity index (χ2n) is 5.83. The Morgan fingerprint density at radius 2 is 2.16 bits per heavy atom. The number of anilines is 1. The van der Waals surface area contributed by atoms with E-state index in [1.165, 1.54) is 18.9 Å². The highest BCUT2D eigenvalue weighted by Gasteiger charge is 2.46. The number of imidazole rings is 1. The van der Waals surface area contributed by atoms with Gasteiger partial charge in [0, 0.05) is 12.6 Å². The number of benzene rings is 1. The molecule has 3 nitrogen and oxygen atoms in total. The Hall–Kier alpha value is -1.29. The largest absolute Gasteiger partial charge is 0.369 e. The van der Waals surface area contributed by atoms with Crippen molar-refractivity contribution < 1.29 is 4.39 Å². The average molecular weight is 282 g/mol. The Kier molecular flexibility index (Phi) is 2.75. The van der Waals surface area contributed by atoms with E-state index in [1.807, 2.05) is 4.57 Å². The second kappa shape index (κ2) is 4.10. The van der Waals surface area contributed by atoms with E-state index in [0.29, 0.717) is 22.8 Å². The third kappa shape index (κ3) is 1.98. The van der Waals surface area contributed by atoms with E-state index < -0.39 is 5.82 Å². The van der Waals surface area contributed by atoms with E-state index in [-0.39, 0.29) is 5.02 Å². The van der Waals surface area contributed by atoms with Gasteiger partial charge in [-0.25, -0.2) is 9.37 Å². The summed E-state index contributed by atoms with van der Waals surface area (Å²) in [4.78, 5) is 4.23. The van der Waals surface area contributed by atoms with Crippen molar-refractivity contribution in [3.05, 3.63) is 23.0 Å². The molecule has 1 aromatic carbocycles. The van der Waals surface area contributed by atoms with Crippen molar-refractivity contribution in [2.75, 3.05) is 5.73 Å². The molecule has 0 spiro atoms. The van der Waals surface area contributed by atoms with Crippen LogP contribution in [0.4, 0.5) is 10.3 Å². The number of fused-ring (bicyclic) bond motifs is 1. The van der Waals surface area contributed by atoms with Crippen molar-refractivity contribution >= 4 is 28.6 Å². The first-order valence-corrected chi connectivity index (χ1v) is 6.91. The quantitative estimate of drug-likeness (QED) is 0.929. The van der Waals surface area contributed by atoms with Gasteiger partial charge in [-0.05, 0) is 30.2 Å². The molecule has 0 atom stereocenters. The highest BCUT2D eigenvalue weighted by Crippen LogP contribution is 2.53. The van der Waals surface area contributed by atoms with Crippen LogP contribution in [0.15, 0.2) is 12.1 Å². The standard InChI is InChI=1S/C14H17ClFN3/c1-8(2)14(3-4-14)7-19-12-5-9(15)10(16)6-11(12)18-13(19)17/h5-6,8H,3-4,7H2,1-2H3,(H2,17,18). The number of rotatable bonds is 3. The van der Waals surface area contributed by atoms with Crippen molar-refractivity contribution in [1.82, 2.24) is 9.55 Å². The zero-order chi connectivity index (χ0) is 13.8. The maximum Gasteiger partial charge on any atom is 0.201 e. The van der Waals surface area contributed by atoms with E-state index in [9.17, 15) is 4.39 Å². The van der Waals surface area contributed by atoms with Crippen LogP contribution in [0.1, 0.15) is 26.7 Å². The number of nitrogen functional groups attached to an aromatic ring is 1. The molecule has 102 valence electrons. The summed E-state index contributed by atoms with van der Waals surface area (Å²) >= 11 is 5.86. The molecule has 1 aliphatic rings. The lowest BCUT2D eigenvalue weighted by molar-refractivity contribution is 0.314. The molecular weight excluding hydrogens is 265 g/mol. The molecule has 0 radical (unpaired) electrons. The highest BCUT2D eigenvalue weighted by molar-refractivity contribution is 6.31. The maximum atomic E-state index is 13.4. The van der Waals surface area contributed by atoms with Crippen LogP contribution in [-0.2, 0) is 6.54 Å². The molecule has 5 heteroatoms. The van der Waals surface area contributed by atoms with Gasteiger partial charge in [-0.15, -0.1) is 0 Å². The molecule has 1 aromatic heterocycles. The van der Waals surface area contributed by atoms with Gasteiger partial charge in [-0.3, -0.25) is 0 Å². The van der Waals surface area contributed by atoms with Gasteiger partial charge in [0.1, 0.15) is 5.82 Å². The van der Waals surface area contributed by atoms with E-state index in [0.717, 1.165) is 12.1 Å². The molecule has 1 saturated carbocycles. The third-order valence-electron chi connectivity index (χ3n) is 4.41. The van der Waals surface area contributed by atoms with Crippen LogP contribution in [0.5, 0.6) is 0 Å². The SMILES string of the molecule is CC(C)C1(Cn2c(N)nc3cc(F)c(Cl)cc32)CC1. The summed E-state index contributed by atoms with van der Waals surface area (Å²) < 4.78 is 15.4. The fourth-order valence-corrected chi connectivity index (χ4v) is 2.86. The minimum atomic E-state index is -0.455. The lowest BCUT2D eigenvalue weighted by Gasteiger charge is -2.21. The highest BCUT2D eigenvalue weighted by atomic mass is 35.5. The monoisotopic (exact) mass is 281 g/mol. The van der Waals surface area contributed by atoms with Crippen molar-refractivity contribution in [2.24, 2.45) is 11.3 Å². The minimum Gasteiger partial charge on any atom is -0.369 e. The topological polar surface area (TPSA) is 43.8 Å². The lowest BCUT2D eigenvalue weighted by atomic mass is 9.92. The van der Waals surface area contributed by atoms with Crippen LogP contribution in [-0.4, -0.2) is 9.55 Å². The summed E-state index contributed by atoms with van der Waals surface area (Å²) in [5, 5.41) is 0.114. The summed E-state index contributed by atoms with van der Waals surface area (Å²) in [6, 6.07) is 2.96. The molecule has 0 saturated heterocycles. The van der Waals surface area contributed by atoms with Crippen LogP contribution < -0.4 is 5.73 Å². The Labute approximate surface area is 116 Å². The van der Waals surface area contributed by atoms with E-state index in [4.69, 9.17) is 17.3 Å². The number of nitrogens with zero attached hydrogens (tertiary/aromatic N) is 2. The molecule has 0 unspecified atom stereocenters. The molecular formula is C14H17ClFN3. The smallest absolute Gasteiger partial charge is 0.201 e. The molecule has 0 amide bonds. The van der Waals surface area contributed by atoms with Gasteiger partial charge in [0.15, 0.2) is 0 Å². The van der Waals surface area contributed by atoms with Crippen molar-refractivity contribution in [3.8, 4) is 0 Å². The summed E-state index contributed by atoms with van der Waals surface area (Å²) in [6.45, 7) is 5.29. The summed E-state index contributed by atoms with van der Waals surface area (Å²) in [6.07, 6.45) is 2.41. The van der Waals surface area contributed by atoms with Gasteiger partial charge in [0.05, 0.1) is 16.1 Å². The second-order valence-corrected chi connectivity index (χ2v) is 6.24. The first kappa shape index (κ1) is 12.7. The molecule has 1 aliphatic carbocycles. The van der Waals surface area contributed by atoms with Crippen LogP contribution >= 0.6 is 11.6 Å². The fourth-order valence-electron chi connectivity index (χ4n) is 2.70. The van der Waals surface area contributed by atoms with E-state index >= 15 is 0 Å². The van der Waals surface area contributed by atoms with Gasteiger partial charge in [0.2, 0.25) is 5.95 Å². The van der Waals surface area contributed by atoms with E-state index in [1.54, 1.807) is 6.07 Å². The lowest BCUT2D eigenvalue weighted by Crippen LogP contribution is -2.18. The van der Waals surface area contributed by atoms with Gasteiger partial charge >= 0.3 is 0 Å². The van der Waals surface area contributed by atoms with Gasteiger partial charge in [-0.1, -0.05) is 25.4 Å². The number of hydrogen-bond acceptors (Lipinski definition) is 2. The van der Waals surface area contributed by atoms with Crippen molar-refractivity contribution in [3.63, 3.8) is 0 Å². The summed E-state index contributed by atoms with van der Waals surface area (Å²) in [5.41, 5.74) is 7.67. The van der Waals surface area contributed by atoms with Crippen molar-refractivity contribution in [2.45, 2.75) is 33.2 Å². The Balaban J connectivity index is 2.08. The molecule has 1 fully saturated rings. The van der Waals surface area contributed by atoms with Gasteiger partial charge in [-0.2, -0.15) is 0 Å². The third-order valence-corrected chi connectivity index (χ3v) is 4.70. The molecule has 2 aromatic rings. The van der Waals surface area contributed by atoms with Crippen LogP contribution in [0.25, 0.3) is 11.0 Å². The Bertz CT molecular complexity index is 644. The average Bonchev–Trinajstić information content (AvgIpc) is 3.06. The number of aromatic nitrogens is 2. The predicted octanol–water partition coefficient (Wildman–Crippen LogP) is 3.85. The van der Waals surface area contributed by atoms with Gasteiger partial charge < -0.3 is 10.3 Å². The Morgan fingerprint density at radius 3 is 2.74 bits per heavy atom. The fraction of sp³-hybridized carbons (Fsp3) is 0.500. The first-order chi connectivity index (χ1) is 8.93. The molecule has 3 rings (SSSR count). The molecule has 19 heavy (non-hydrogen) atoms.